The van der Waals surface area contributed by atoms with Gasteiger partial charge in [-0.2, -0.15) is 4.31 Å². The Kier molecular flexibility index (Phi) is 4.74. The minimum atomic E-state index is -3.62. The molecule has 0 spiro atoms. The van der Waals surface area contributed by atoms with Gasteiger partial charge in [-0.05, 0) is 24.6 Å². The molecule has 7 heteroatoms. The van der Waals surface area contributed by atoms with Crippen LogP contribution in [0.25, 0.3) is 0 Å². The molecule has 0 aromatic heterocycles. The lowest BCUT2D eigenvalue weighted by Crippen LogP contribution is -2.45. The van der Waals surface area contributed by atoms with Crippen LogP contribution >= 0.6 is 0 Å². The van der Waals surface area contributed by atoms with Crippen LogP contribution in [-0.2, 0) is 21.3 Å². The number of rotatable bonds is 4. The van der Waals surface area contributed by atoms with Crippen LogP contribution in [-0.4, -0.2) is 38.5 Å². The van der Waals surface area contributed by atoms with Crippen LogP contribution in [0, 0.1) is 5.82 Å². The average molecular weight is 302 g/mol. The highest BCUT2D eigenvalue weighted by Gasteiger charge is 2.30. The van der Waals surface area contributed by atoms with Gasteiger partial charge in [0, 0.05) is 25.2 Å². The number of benzene rings is 1. The minimum Gasteiger partial charge on any atom is -0.375 e. The largest absolute Gasteiger partial charge is 0.375 e. The topological polar surface area (TPSA) is 72.6 Å². The van der Waals surface area contributed by atoms with Gasteiger partial charge < -0.3 is 10.5 Å². The third-order valence-corrected chi connectivity index (χ3v) is 5.29. The van der Waals surface area contributed by atoms with Gasteiger partial charge in [-0.15, -0.1) is 0 Å². The maximum Gasteiger partial charge on any atom is 0.243 e. The van der Waals surface area contributed by atoms with Crippen LogP contribution in [0.5, 0.6) is 0 Å². The van der Waals surface area contributed by atoms with Crippen molar-refractivity contribution in [1.82, 2.24) is 4.31 Å². The summed E-state index contributed by atoms with van der Waals surface area (Å²) >= 11 is 0. The fourth-order valence-electron chi connectivity index (χ4n) is 2.17. The predicted molar refractivity (Wildman–Crippen MR) is 73.1 cm³/mol. The Hall–Kier alpha value is -1.02. The Morgan fingerprint density at radius 3 is 2.90 bits per heavy atom. The molecule has 1 saturated heterocycles. The molecule has 0 aliphatic carbocycles. The molecule has 0 bridgehead atoms. The van der Waals surface area contributed by atoms with Crippen molar-refractivity contribution in [2.45, 2.75) is 30.9 Å². The molecule has 1 aromatic carbocycles. The summed E-state index contributed by atoms with van der Waals surface area (Å²) in [5, 5.41) is 0. The molecule has 1 heterocycles. The number of ether oxygens (including phenoxy) is 1. The Bertz CT molecular complexity index is 577. The molecule has 5 nitrogen and oxygen atoms in total. The van der Waals surface area contributed by atoms with Crippen LogP contribution in [0.3, 0.4) is 0 Å². The second-order valence-electron chi connectivity index (χ2n) is 4.72. The smallest absolute Gasteiger partial charge is 0.243 e. The maximum absolute atomic E-state index is 13.4. The molecule has 1 aliphatic rings. The lowest BCUT2D eigenvalue weighted by molar-refractivity contribution is -0.00278. The fourth-order valence-corrected chi connectivity index (χ4v) is 3.68. The molecule has 20 heavy (non-hydrogen) atoms. The lowest BCUT2D eigenvalue weighted by atomic mass is 10.2. The molecular formula is C13H19FN2O3S. The van der Waals surface area contributed by atoms with Gasteiger partial charge >= 0.3 is 0 Å². The van der Waals surface area contributed by atoms with Gasteiger partial charge in [0.1, 0.15) is 5.82 Å². The molecule has 2 rings (SSSR count). The number of halogens is 1. The molecule has 1 fully saturated rings. The molecule has 1 aromatic rings. The fraction of sp³-hybridized carbons (Fsp3) is 0.538. The van der Waals surface area contributed by atoms with Crippen LogP contribution in [0.15, 0.2) is 23.1 Å². The molecule has 112 valence electrons. The van der Waals surface area contributed by atoms with Gasteiger partial charge in [0.05, 0.1) is 17.6 Å². The van der Waals surface area contributed by atoms with E-state index in [9.17, 15) is 12.8 Å². The Morgan fingerprint density at radius 2 is 2.25 bits per heavy atom. The zero-order valence-corrected chi connectivity index (χ0v) is 12.2. The summed E-state index contributed by atoms with van der Waals surface area (Å²) < 4.78 is 45.3. The normalized spacial score (nSPS) is 21.1. The molecular weight excluding hydrogens is 283 g/mol. The molecule has 1 atom stereocenters. The van der Waals surface area contributed by atoms with Crippen molar-refractivity contribution < 1.29 is 17.5 Å². The van der Waals surface area contributed by atoms with Crippen LogP contribution in [0.2, 0.25) is 0 Å². The molecule has 0 saturated carbocycles. The van der Waals surface area contributed by atoms with Crippen LogP contribution in [0.4, 0.5) is 4.39 Å². The summed E-state index contributed by atoms with van der Waals surface area (Å²) in [5.41, 5.74) is 5.62. The highest BCUT2D eigenvalue weighted by atomic mass is 32.2. The minimum absolute atomic E-state index is 0.0319. The standard InChI is InChI=1S/C13H19FN2O3S/c1-2-11-9-16(5-6-19-11)20(17,18)12-3-4-13(14)10(7-12)8-15/h3-4,7,11H,2,5-6,8-9,15H2,1H3. The number of hydrogen-bond acceptors (Lipinski definition) is 4. The quantitative estimate of drug-likeness (QED) is 0.903. The zero-order valence-electron chi connectivity index (χ0n) is 11.4. The van der Waals surface area contributed by atoms with E-state index in [2.05, 4.69) is 0 Å². The van der Waals surface area contributed by atoms with Crippen molar-refractivity contribution in [2.75, 3.05) is 19.7 Å². The second-order valence-corrected chi connectivity index (χ2v) is 6.66. The SMILES string of the molecule is CCC1CN(S(=O)(=O)c2ccc(F)c(CN)c2)CCO1. The Balaban J connectivity index is 2.30. The van der Waals surface area contributed by atoms with Crippen LogP contribution < -0.4 is 5.73 Å². The first kappa shape index (κ1) is 15.4. The average Bonchev–Trinajstić information content (AvgIpc) is 2.47. The number of nitrogens with two attached hydrogens (primary N) is 1. The molecule has 1 aliphatic heterocycles. The monoisotopic (exact) mass is 302 g/mol. The summed E-state index contributed by atoms with van der Waals surface area (Å²) in [6.07, 6.45) is 0.664. The van der Waals surface area contributed by atoms with E-state index in [1.807, 2.05) is 6.92 Å². The zero-order chi connectivity index (χ0) is 14.8. The van der Waals surface area contributed by atoms with Gasteiger partial charge in [0.2, 0.25) is 10.0 Å². The van der Waals surface area contributed by atoms with Gasteiger partial charge in [-0.1, -0.05) is 6.92 Å². The van der Waals surface area contributed by atoms with E-state index < -0.39 is 15.8 Å². The number of sulfonamides is 1. The third kappa shape index (κ3) is 3.01. The highest BCUT2D eigenvalue weighted by molar-refractivity contribution is 7.89. The van der Waals surface area contributed by atoms with E-state index >= 15 is 0 Å². The summed E-state index contributed by atoms with van der Waals surface area (Å²) in [6.45, 7) is 2.94. The number of hydrogen-bond donors (Lipinski definition) is 1. The highest BCUT2D eigenvalue weighted by Crippen LogP contribution is 2.21. The van der Waals surface area contributed by atoms with E-state index in [-0.39, 0.29) is 23.1 Å². The van der Waals surface area contributed by atoms with Crippen molar-refractivity contribution in [1.29, 1.82) is 0 Å². The van der Waals surface area contributed by atoms with E-state index in [4.69, 9.17) is 10.5 Å². The van der Waals surface area contributed by atoms with Gasteiger partial charge in [-0.3, -0.25) is 0 Å². The summed E-state index contributed by atoms with van der Waals surface area (Å²) in [5.74, 6) is -0.486. The molecule has 2 N–H and O–H groups in total. The molecule has 1 unspecified atom stereocenters. The number of morpholine rings is 1. The third-order valence-electron chi connectivity index (χ3n) is 3.43. The van der Waals surface area contributed by atoms with E-state index in [0.29, 0.717) is 19.7 Å². The van der Waals surface area contributed by atoms with Crippen molar-refractivity contribution in [3.8, 4) is 0 Å². The van der Waals surface area contributed by atoms with Crippen molar-refractivity contribution in [3.63, 3.8) is 0 Å². The number of nitrogens with zero attached hydrogens (tertiary/aromatic N) is 1. The van der Waals surface area contributed by atoms with Gasteiger partial charge in [-0.25, -0.2) is 12.8 Å². The van der Waals surface area contributed by atoms with Gasteiger partial charge in [0.25, 0.3) is 0 Å². The molecule has 0 radical (unpaired) electrons. The summed E-state index contributed by atoms with van der Waals surface area (Å²) in [6, 6.07) is 3.73. The van der Waals surface area contributed by atoms with Crippen LogP contribution in [0.1, 0.15) is 18.9 Å². The van der Waals surface area contributed by atoms with E-state index in [1.165, 1.54) is 16.4 Å². The first-order valence-corrected chi connectivity index (χ1v) is 8.03. The summed E-state index contributed by atoms with van der Waals surface area (Å²) in [4.78, 5) is 0.0797. The maximum atomic E-state index is 13.4. The predicted octanol–water partition coefficient (Wildman–Crippen LogP) is 1.08. The summed E-state index contributed by atoms with van der Waals surface area (Å²) in [7, 11) is -3.62. The second kappa shape index (κ2) is 6.17. The Morgan fingerprint density at radius 1 is 1.50 bits per heavy atom. The van der Waals surface area contributed by atoms with E-state index in [1.54, 1.807) is 0 Å². The van der Waals surface area contributed by atoms with Crippen molar-refractivity contribution in [2.24, 2.45) is 5.73 Å². The molecule has 0 amide bonds. The van der Waals surface area contributed by atoms with Gasteiger partial charge in [0.15, 0.2) is 0 Å². The van der Waals surface area contributed by atoms with E-state index in [0.717, 1.165) is 12.5 Å². The lowest BCUT2D eigenvalue weighted by Gasteiger charge is -2.31. The Labute approximate surface area is 118 Å². The van der Waals surface area contributed by atoms with Crippen molar-refractivity contribution in [3.05, 3.63) is 29.6 Å². The first-order chi connectivity index (χ1) is 9.48. The van der Waals surface area contributed by atoms with Crippen molar-refractivity contribution >= 4 is 10.0 Å². The first-order valence-electron chi connectivity index (χ1n) is 6.59.